The molecule has 2 aromatic heterocycles. The topological polar surface area (TPSA) is 60.4 Å². The van der Waals surface area contributed by atoms with Crippen LogP contribution in [0.4, 0.5) is 5.82 Å². The van der Waals surface area contributed by atoms with Crippen molar-refractivity contribution in [2.24, 2.45) is 0 Å². The number of rotatable bonds is 4. The molecule has 0 saturated heterocycles. The first-order valence-electron chi connectivity index (χ1n) is 5.52. The number of fused-ring (bicyclic) bond motifs is 1. The maximum Gasteiger partial charge on any atom is 0.362 e. The smallest absolute Gasteiger partial charge is 0.358 e. The average Bonchev–Trinajstić information content (AvgIpc) is 2.96. The second kappa shape index (κ2) is 5.02. The van der Waals surface area contributed by atoms with Crippen LogP contribution in [0, 0.1) is 10.1 Å². The van der Waals surface area contributed by atoms with E-state index < -0.39 is 0 Å². The lowest BCUT2D eigenvalue weighted by atomic mass is 10.2. The third-order valence-electron chi connectivity index (χ3n) is 2.60. The number of benzene rings is 1. The molecule has 0 bridgehead atoms. The van der Waals surface area contributed by atoms with Crippen molar-refractivity contribution in [1.29, 1.82) is 0 Å². The summed E-state index contributed by atoms with van der Waals surface area (Å²) in [6.45, 7) is 0. The minimum Gasteiger partial charge on any atom is -0.358 e. The van der Waals surface area contributed by atoms with E-state index in [4.69, 9.17) is 0 Å². The Balaban J connectivity index is 1.90. The van der Waals surface area contributed by atoms with Gasteiger partial charge in [-0.3, -0.25) is 0 Å². The summed E-state index contributed by atoms with van der Waals surface area (Å²) < 4.78 is 1.53. The first-order valence-corrected chi connectivity index (χ1v) is 7.39. The van der Waals surface area contributed by atoms with Crippen LogP contribution in [0.25, 0.3) is 4.96 Å². The largest absolute Gasteiger partial charge is 0.362 e. The van der Waals surface area contributed by atoms with Gasteiger partial charge in [-0.15, -0.1) is 0 Å². The van der Waals surface area contributed by atoms with Crippen molar-refractivity contribution in [3.63, 3.8) is 0 Å². The van der Waals surface area contributed by atoms with Crippen LogP contribution >= 0.6 is 23.1 Å². The molecule has 0 spiro atoms. The minimum absolute atomic E-state index is 0.0529. The molecule has 0 saturated carbocycles. The van der Waals surface area contributed by atoms with E-state index >= 15 is 0 Å². The van der Waals surface area contributed by atoms with Crippen LogP contribution in [0.2, 0.25) is 0 Å². The molecule has 1 aromatic carbocycles. The molecular weight excluding hydrogens is 282 g/mol. The first kappa shape index (κ1) is 12.2. The molecule has 0 amide bonds. The van der Waals surface area contributed by atoms with Gasteiger partial charge in [0, 0.05) is 11.1 Å². The van der Waals surface area contributed by atoms with E-state index in [0.29, 0.717) is 15.7 Å². The lowest BCUT2D eigenvalue weighted by Crippen LogP contribution is -1.93. The Bertz CT molecular complexity index is 721. The van der Waals surface area contributed by atoms with Gasteiger partial charge in [-0.2, -0.15) is 9.38 Å². The molecule has 0 radical (unpaired) electrons. The van der Waals surface area contributed by atoms with Crippen molar-refractivity contribution in [1.82, 2.24) is 9.38 Å². The average molecular weight is 291 g/mol. The normalized spacial score (nSPS) is 10.9. The van der Waals surface area contributed by atoms with Gasteiger partial charge in [-0.1, -0.05) is 53.4 Å². The van der Waals surface area contributed by atoms with Crippen LogP contribution in [0.3, 0.4) is 0 Å². The van der Waals surface area contributed by atoms with Gasteiger partial charge in [-0.05, 0) is 10.5 Å². The maximum atomic E-state index is 11.1. The number of hydrogen-bond donors (Lipinski definition) is 0. The number of nitrogens with zero attached hydrogens (tertiary/aromatic N) is 3. The molecule has 96 valence electrons. The van der Waals surface area contributed by atoms with Gasteiger partial charge >= 0.3 is 5.82 Å². The van der Waals surface area contributed by atoms with E-state index in [-0.39, 0.29) is 10.7 Å². The zero-order chi connectivity index (χ0) is 13.2. The molecule has 19 heavy (non-hydrogen) atoms. The Morgan fingerprint density at radius 2 is 2.16 bits per heavy atom. The second-order valence-corrected chi connectivity index (χ2v) is 5.66. The summed E-state index contributed by atoms with van der Waals surface area (Å²) in [5.41, 5.74) is 1.12. The molecule has 0 N–H and O–H groups in total. The minimum atomic E-state index is -0.375. The number of aromatic nitrogens is 2. The van der Waals surface area contributed by atoms with Crippen LogP contribution in [-0.2, 0) is 5.75 Å². The SMILES string of the molecule is O=[N+]([O-])c1c(SCc2ccccc2)nc2sccn12. The van der Waals surface area contributed by atoms with E-state index in [1.807, 2.05) is 30.3 Å². The molecule has 0 unspecified atom stereocenters. The number of nitro groups is 1. The van der Waals surface area contributed by atoms with E-state index in [1.54, 1.807) is 11.6 Å². The molecule has 3 rings (SSSR count). The van der Waals surface area contributed by atoms with Crippen molar-refractivity contribution in [3.05, 3.63) is 57.6 Å². The van der Waals surface area contributed by atoms with Crippen molar-refractivity contribution in [3.8, 4) is 0 Å². The van der Waals surface area contributed by atoms with Gasteiger partial charge in [0.15, 0.2) is 5.03 Å². The lowest BCUT2D eigenvalue weighted by Gasteiger charge is -1.99. The summed E-state index contributed by atoms with van der Waals surface area (Å²) in [7, 11) is 0. The van der Waals surface area contributed by atoms with Gasteiger partial charge in [0.2, 0.25) is 0 Å². The third-order valence-corrected chi connectivity index (χ3v) is 4.38. The molecule has 7 heteroatoms. The van der Waals surface area contributed by atoms with E-state index in [2.05, 4.69) is 4.98 Å². The highest BCUT2D eigenvalue weighted by atomic mass is 32.2. The number of thiazole rings is 1. The Morgan fingerprint density at radius 1 is 1.37 bits per heavy atom. The molecule has 0 aliphatic carbocycles. The van der Waals surface area contributed by atoms with Gasteiger partial charge in [0.05, 0.1) is 0 Å². The zero-order valence-electron chi connectivity index (χ0n) is 9.72. The fourth-order valence-electron chi connectivity index (χ4n) is 1.74. The van der Waals surface area contributed by atoms with Crippen molar-refractivity contribution in [2.75, 3.05) is 0 Å². The summed E-state index contributed by atoms with van der Waals surface area (Å²) in [4.78, 5) is 15.7. The number of imidazole rings is 1. The summed E-state index contributed by atoms with van der Waals surface area (Å²) in [5, 5.41) is 13.4. The monoisotopic (exact) mass is 291 g/mol. The molecule has 0 atom stereocenters. The van der Waals surface area contributed by atoms with Gasteiger partial charge in [0.1, 0.15) is 6.20 Å². The molecule has 0 aliphatic heterocycles. The standard InChI is InChI=1S/C12H9N3O2S2/c16-15(17)11-10(13-12-14(11)6-7-18-12)19-8-9-4-2-1-3-5-9/h1-7H,8H2. The zero-order valence-corrected chi connectivity index (χ0v) is 11.4. The molecule has 2 heterocycles. The van der Waals surface area contributed by atoms with Crippen molar-refractivity contribution < 1.29 is 4.92 Å². The van der Waals surface area contributed by atoms with E-state index in [9.17, 15) is 10.1 Å². The van der Waals surface area contributed by atoms with E-state index in [1.165, 1.54) is 27.5 Å². The summed E-state index contributed by atoms with van der Waals surface area (Å²) >= 11 is 2.79. The first-order chi connectivity index (χ1) is 9.25. The summed E-state index contributed by atoms with van der Waals surface area (Å²) in [5.74, 6) is 0.726. The molecule has 0 aliphatic rings. The van der Waals surface area contributed by atoms with Crippen molar-refractivity contribution in [2.45, 2.75) is 10.8 Å². The van der Waals surface area contributed by atoms with Crippen LogP contribution in [0.5, 0.6) is 0 Å². The highest BCUT2D eigenvalue weighted by Crippen LogP contribution is 2.33. The Kier molecular flexibility index (Phi) is 3.22. The van der Waals surface area contributed by atoms with Crippen LogP contribution in [0.15, 0.2) is 46.9 Å². The lowest BCUT2D eigenvalue weighted by molar-refractivity contribution is -0.393. The Morgan fingerprint density at radius 3 is 2.89 bits per heavy atom. The maximum absolute atomic E-state index is 11.1. The second-order valence-electron chi connectivity index (χ2n) is 3.83. The fourth-order valence-corrected chi connectivity index (χ4v) is 3.46. The summed E-state index contributed by atoms with van der Waals surface area (Å²) in [6.07, 6.45) is 1.68. The quantitative estimate of drug-likeness (QED) is 0.418. The molecule has 3 aromatic rings. The van der Waals surface area contributed by atoms with Gasteiger partial charge in [-0.25, -0.2) is 0 Å². The highest BCUT2D eigenvalue weighted by molar-refractivity contribution is 7.98. The predicted octanol–water partition coefficient (Wildman–Crippen LogP) is 3.60. The van der Waals surface area contributed by atoms with Gasteiger partial charge in [0.25, 0.3) is 4.96 Å². The van der Waals surface area contributed by atoms with Crippen LogP contribution < -0.4 is 0 Å². The Hall–Kier alpha value is -1.86. The van der Waals surface area contributed by atoms with E-state index in [0.717, 1.165) is 5.56 Å². The Labute approximate surface area is 117 Å². The van der Waals surface area contributed by atoms with Crippen LogP contribution in [0.1, 0.15) is 5.56 Å². The number of thioether (sulfide) groups is 1. The number of hydrogen-bond acceptors (Lipinski definition) is 5. The molecule has 0 fully saturated rings. The third kappa shape index (κ3) is 2.34. The van der Waals surface area contributed by atoms with Crippen LogP contribution in [-0.4, -0.2) is 14.3 Å². The molecule has 5 nitrogen and oxygen atoms in total. The fraction of sp³-hybridized carbons (Fsp3) is 0.0833. The predicted molar refractivity (Wildman–Crippen MR) is 75.7 cm³/mol. The molecular formula is C12H9N3O2S2. The highest BCUT2D eigenvalue weighted by Gasteiger charge is 2.23. The van der Waals surface area contributed by atoms with Crippen molar-refractivity contribution >= 4 is 33.9 Å². The van der Waals surface area contributed by atoms with Gasteiger partial charge < -0.3 is 10.1 Å². The summed E-state index contributed by atoms with van der Waals surface area (Å²) in [6, 6.07) is 9.85.